The van der Waals surface area contributed by atoms with E-state index in [1.807, 2.05) is 0 Å². The minimum atomic E-state index is 0.542. The van der Waals surface area contributed by atoms with Gasteiger partial charge in [0.25, 0.3) is 0 Å². The average Bonchev–Trinajstić information content (AvgIpc) is 1.91. The van der Waals surface area contributed by atoms with Gasteiger partial charge in [0.15, 0.2) is 0 Å². The Morgan fingerprint density at radius 2 is 2.57 bits per heavy atom. The van der Waals surface area contributed by atoms with Crippen molar-refractivity contribution in [2.75, 3.05) is 13.6 Å². The van der Waals surface area contributed by atoms with Gasteiger partial charge in [-0.2, -0.15) is 0 Å². The molecule has 1 atom stereocenters. The summed E-state index contributed by atoms with van der Waals surface area (Å²) in [6, 6.07) is 0. The highest BCUT2D eigenvalue weighted by Gasteiger charge is 2.13. The third kappa shape index (κ3) is 0.924. The van der Waals surface area contributed by atoms with E-state index in [-0.39, 0.29) is 0 Å². The molecule has 1 saturated heterocycles. The fourth-order valence-corrected chi connectivity index (χ4v) is 0.653. The van der Waals surface area contributed by atoms with Gasteiger partial charge in [-0.1, -0.05) is 0 Å². The summed E-state index contributed by atoms with van der Waals surface area (Å²) in [5, 5.41) is 3.17. The maximum Gasteiger partial charge on any atom is 0.0569 e. The van der Waals surface area contributed by atoms with Gasteiger partial charge in [0.05, 0.1) is 6.17 Å². The van der Waals surface area contributed by atoms with E-state index in [1.165, 1.54) is 0 Å². The molecule has 1 fully saturated rings. The predicted octanol–water partition coefficient (Wildman–Crippen LogP) is 0.0292. The summed E-state index contributed by atoms with van der Waals surface area (Å²) in [5.74, 6) is 0. The van der Waals surface area contributed by atoms with Crippen LogP contribution in [0.1, 0.15) is 6.92 Å². The van der Waals surface area contributed by atoms with Gasteiger partial charge in [0.2, 0.25) is 0 Å². The Bertz CT molecular complexity index is 55.1. The molecule has 0 aromatic rings. The molecule has 7 heavy (non-hydrogen) atoms. The maximum atomic E-state index is 3.17. The molecule has 1 unspecified atom stereocenters. The summed E-state index contributed by atoms with van der Waals surface area (Å²) in [7, 11) is 2.10. The first-order valence-corrected chi connectivity index (χ1v) is 2.58. The summed E-state index contributed by atoms with van der Waals surface area (Å²) >= 11 is 0. The summed E-state index contributed by atoms with van der Waals surface area (Å²) in [5.41, 5.74) is 0. The van der Waals surface area contributed by atoms with Crippen LogP contribution in [-0.2, 0) is 0 Å². The highest BCUT2D eigenvalue weighted by molar-refractivity contribution is 4.79. The Morgan fingerprint density at radius 1 is 1.86 bits per heavy atom. The largest absolute Gasteiger partial charge is 0.296 e. The average molecular weight is 99.2 g/mol. The summed E-state index contributed by atoms with van der Waals surface area (Å²) in [6.07, 6.45) is 0.542. The van der Waals surface area contributed by atoms with Gasteiger partial charge in [-0.05, 0) is 14.0 Å². The number of hydrogen-bond acceptors (Lipinski definition) is 2. The maximum absolute atomic E-state index is 3.17. The van der Waals surface area contributed by atoms with Crippen LogP contribution in [0.3, 0.4) is 0 Å². The normalized spacial score (nSPS) is 34.3. The second-order valence-electron chi connectivity index (χ2n) is 1.99. The van der Waals surface area contributed by atoms with Crippen molar-refractivity contribution in [1.82, 2.24) is 10.2 Å². The van der Waals surface area contributed by atoms with Crippen LogP contribution in [0.4, 0.5) is 0 Å². The molecule has 1 radical (unpaired) electrons. The summed E-state index contributed by atoms with van der Waals surface area (Å²) in [4.78, 5) is 2.24. The second kappa shape index (κ2) is 1.80. The lowest BCUT2D eigenvalue weighted by molar-refractivity contribution is 0.316. The molecule has 1 heterocycles. The van der Waals surface area contributed by atoms with E-state index in [9.17, 15) is 0 Å². The number of rotatable bonds is 0. The fraction of sp³-hybridized carbons (Fsp3) is 0.800. The van der Waals surface area contributed by atoms with Gasteiger partial charge in [-0.15, -0.1) is 0 Å². The Labute approximate surface area is 44.5 Å². The van der Waals surface area contributed by atoms with Crippen LogP contribution >= 0.6 is 0 Å². The zero-order valence-corrected chi connectivity index (χ0v) is 4.81. The van der Waals surface area contributed by atoms with Gasteiger partial charge in [-0.3, -0.25) is 10.2 Å². The Kier molecular flexibility index (Phi) is 1.30. The standard InChI is InChI=1S/C5H11N2/c1-5-6-3-4-7(5)2/h3,5-6H,4H2,1-2H3. The molecule has 1 N–H and O–H groups in total. The lowest BCUT2D eigenvalue weighted by Gasteiger charge is -2.11. The van der Waals surface area contributed by atoms with Crippen LogP contribution in [-0.4, -0.2) is 24.7 Å². The molecule has 41 valence electrons. The Balaban J connectivity index is 2.33. The van der Waals surface area contributed by atoms with Gasteiger partial charge in [-0.25, -0.2) is 0 Å². The van der Waals surface area contributed by atoms with Gasteiger partial charge < -0.3 is 0 Å². The molecule has 1 rings (SSSR count). The molecule has 2 heteroatoms. The highest BCUT2D eigenvalue weighted by atomic mass is 15.3. The third-order valence-corrected chi connectivity index (χ3v) is 1.40. The minimum absolute atomic E-state index is 0.542. The van der Waals surface area contributed by atoms with E-state index in [0.29, 0.717) is 6.17 Å². The van der Waals surface area contributed by atoms with Crippen molar-refractivity contribution < 1.29 is 0 Å². The quantitative estimate of drug-likeness (QED) is 0.461. The van der Waals surface area contributed by atoms with Crippen LogP contribution in [0.2, 0.25) is 0 Å². The molecule has 1 aliphatic heterocycles. The van der Waals surface area contributed by atoms with Crippen LogP contribution in [0.5, 0.6) is 0 Å². The minimum Gasteiger partial charge on any atom is -0.296 e. The van der Waals surface area contributed by atoms with E-state index in [1.54, 1.807) is 0 Å². The lowest BCUT2D eigenvalue weighted by atomic mass is 10.6. The predicted molar refractivity (Wildman–Crippen MR) is 29.5 cm³/mol. The highest BCUT2D eigenvalue weighted by Crippen LogP contribution is 1.98. The van der Waals surface area contributed by atoms with Crippen molar-refractivity contribution in [2.24, 2.45) is 0 Å². The van der Waals surface area contributed by atoms with Crippen LogP contribution in [0.25, 0.3) is 0 Å². The first kappa shape index (κ1) is 5.06. The molecule has 0 saturated carbocycles. The molecule has 2 nitrogen and oxygen atoms in total. The molecule has 0 aromatic carbocycles. The fourth-order valence-electron chi connectivity index (χ4n) is 0.653. The van der Waals surface area contributed by atoms with E-state index in [0.717, 1.165) is 6.54 Å². The van der Waals surface area contributed by atoms with E-state index in [2.05, 4.69) is 30.7 Å². The number of nitrogens with zero attached hydrogens (tertiary/aromatic N) is 1. The van der Waals surface area contributed by atoms with E-state index in [4.69, 9.17) is 0 Å². The number of likely N-dealkylation sites (N-methyl/N-ethyl adjacent to an activating group) is 1. The molecule has 0 amide bonds. The second-order valence-corrected chi connectivity index (χ2v) is 1.99. The van der Waals surface area contributed by atoms with Crippen molar-refractivity contribution in [3.05, 3.63) is 6.54 Å². The lowest BCUT2D eigenvalue weighted by Crippen LogP contribution is -2.28. The van der Waals surface area contributed by atoms with Crippen molar-refractivity contribution in [3.8, 4) is 0 Å². The van der Waals surface area contributed by atoms with Gasteiger partial charge >= 0.3 is 0 Å². The van der Waals surface area contributed by atoms with Crippen molar-refractivity contribution in [2.45, 2.75) is 13.1 Å². The van der Waals surface area contributed by atoms with E-state index < -0.39 is 0 Å². The monoisotopic (exact) mass is 99.1 g/mol. The molecular weight excluding hydrogens is 88.1 g/mol. The van der Waals surface area contributed by atoms with Gasteiger partial charge in [0, 0.05) is 13.1 Å². The Hall–Kier alpha value is -0.0800. The first-order chi connectivity index (χ1) is 3.30. The zero-order chi connectivity index (χ0) is 5.28. The summed E-state index contributed by atoms with van der Waals surface area (Å²) in [6.45, 7) is 5.29. The molecule has 0 aliphatic carbocycles. The van der Waals surface area contributed by atoms with Gasteiger partial charge in [0.1, 0.15) is 0 Å². The number of hydrogen-bond donors (Lipinski definition) is 1. The molecule has 0 spiro atoms. The molecule has 1 aliphatic rings. The first-order valence-electron chi connectivity index (χ1n) is 2.58. The van der Waals surface area contributed by atoms with Crippen LogP contribution < -0.4 is 5.32 Å². The van der Waals surface area contributed by atoms with Crippen LogP contribution in [0.15, 0.2) is 0 Å². The molecule has 0 bridgehead atoms. The molecular formula is C5H11N2. The van der Waals surface area contributed by atoms with Crippen molar-refractivity contribution in [3.63, 3.8) is 0 Å². The summed E-state index contributed by atoms with van der Waals surface area (Å²) < 4.78 is 0. The SMILES string of the molecule is CC1N[CH]CN1C. The van der Waals surface area contributed by atoms with Crippen LogP contribution in [0, 0.1) is 6.54 Å². The Morgan fingerprint density at radius 3 is 2.71 bits per heavy atom. The smallest absolute Gasteiger partial charge is 0.0569 e. The van der Waals surface area contributed by atoms with Crippen molar-refractivity contribution in [1.29, 1.82) is 0 Å². The zero-order valence-electron chi connectivity index (χ0n) is 4.81. The third-order valence-electron chi connectivity index (χ3n) is 1.40. The van der Waals surface area contributed by atoms with Crippen molar-refractivity contribution >= 4 is 0 Å². The number of nitrogens with one attached hydrogen (secondary N) is 1. The van der Waals surface area contributed by atoms with E-state index >= 15 is 0 Å². The topological polar surface area (TPSA) is 15.3 Å². The molecule has 0 aromatic heterocycles.